The van der Waals surface area contributed by atoms with E-state index in [0.717, 1.165) is 22.0 Å². The van der Waals surface area contributed by atoms with Crippen LogP contribution in [0.1, 0.15) is 17.5 Å². The number of benzene rings is 2. The molecule has 0 unspecified atom stereocenters. The molecule has 0 bridgehead atoms. The molecule has 0 fully saturated rings. The van der Waals surface area contributed by atoms with Crippen molar-refractivity contribution in [2.24, 2.45) is 0 Å². The van der Waals surface area contributed by atoms with Gasteiger partial charge in [0.05, 0.1) is 5.52 Å². The van der Waals surface area contributed by atoms with Crippen molar-refractivity contribution >= 4 is 16.8 Å². The number of aryl methyl sites for hydroxylation is 1. The van der Waals surface area contributed by atoms with Crippen LogP contribution in [0.3, 0.4) is 0 Å². The number of pyridine rings is 1. The first-order valence-electron chi connectivity index (χ1n) is 7.56. The van der Waals surface area contributed by atoms with Gasteiger partial charge < -0.3 is 5.32 Å². The van der Waals surface area contributed by atoms with Crippen molar-refractivity contribution in [3.05, 3.63) is 77.7 Å². The van der Waals surface area contributed by atoms with Gasteiger partial charge in [-0.05, 0) is 41.8 Å². The van der Waals surface area contributed by atoms with Gasteiger partial charge in [0.25, 0.3) is 0 Å². The van der Waals surface area contributed by atoms with E-state index in [1.807, 2.05) is 30.3 Å². The Morgan fingerprint density at radius 3 is 2.65 bits per heavy atom. The molecule has 1 amide bonds. The maximum atomic E-state index is 12.8. The molecule has 0 radical (unpaired) electrons. The lowest BCUT2D eigenvalue weighted by atomic mass is 10.1. The van der Waals surface area contributed by atoms with Crippen molar-refractivity contribution < 1.29 is 9.18 Å². The molecule has 4 heteroatoms. The monoisotopic (exact) mass is 308 g/mol. The summed E-state index contributed by atoms with van der Waals surface area (Å²) in [5.74, 6) is -0.280. The SMILES string of the molecule is O=C(CCc1ccc(F)cc1)NCc1ccnc2ccccc12. The fraction of sp³-hybridized carbons (Fsp3) is 0.158. The Morgan fingerprint density at radius 2 is 1.83 bits per heavy atom. The molecule has 1 aromatic heterocycles. The van der Waals surface area contributed by atoms with Crippen molar-refractivity contribution in [2.45, 2.75) is 19.4 Å². The highest BCUT2D eigenvalue weighted by Gasteiger charge is 2.05. The van der Waals surface area contributed by atoms with Crippen LogP contribution in [-0.4, -0.2) is 10.9 Å². The second kappa shape index (κ2) is 7.01. The maximum absolute atomic E-state index is 12.8. The standard InChI is InChI=1S/C19H17FN2O/c20-16-8-5-14(6-9-16)7-10-19(23)22-13-15-11-12-21-18-4-2-1-3-17(15)18/h1-6,8-9,11-12H,7,10,13H2,(H,22,23). The smallest absolute Gasteiger partial charge is 0.220 e. The second-order valence-electron chi connectivity index (χ2n) is 5.39. The zero-order valence-corrected chi connectivity index (χ0v) is 12.6. The minimum atomic E-state index is -0.261. The molecule has 1 N–H and O–H groups in total. The molecule has 116 valence electrons. The highest BCUT2D eigenvalue weighted by atomic mass is 19.1. The van der Waals surface area contributed by atoms with Crippen molar-refractivity contribution in [1.29, 1.82) is 0 Å². The summed E-state index contributed by atoms with van der Waals surface area (Å²) in [5.41, 5.74) is 2.92. The number of amides is 1. The Kier molecular flexibility index (Phi) is 4.62. The van der Waals surface area contributed by atoms with E-state index in [2.05, 4.69) is 10.3 Å². The average molecular weight is 308 g/mol. The van der Waals surface area contributed by atoms with Crippen LogP contribution in [0.4, 0.5) is 4.39 Å². The number of carbonyl (C=O) groups is 1. The normalized spacial score (nSPS) is 10.7. The number of halogens is 1. The van der Waals surface area contributed by atoms with Gasteiger partial charge in [-0.25, -0.2) is 4.39 Å². The molecule has 0 spiro atoms. The van der Waals surface area contributed by atoms with Gasteiger partial charge in [-0.1, -0.05) is 30.3 Å². The van der Waals surface area contributed by atoms with Crippen LogP contribution in [0, 0.1) is 5.82 Å². The Morgan fingerprint density at radius 1 is 1.04 bits per heavy atom. The molecule has 3 rings (SSSR count). The number of hydrogen-bond donors (Lipinski definition) is 1. The van der Waals surface area contributed by atoms with E-state index in [1.54, 1.807) is 18.3 Å². The Bertz CT molecular complexity index is 810. The second-order valence-corrected chi connectivity index (χ2v) is 5.39. The van der Waals surface area contributed by atoms with Gasteiger partial charge in [0, 0.05) is 24.5 Å². The first-order chi connectivity index (χ1) is 11.2. The maximum Gasteiger partial charge on any atom is 0.220 e. The lowest BCUT2D eigenvalue weighted by molar-refractivity contribution is -0.121. The van der Waals surface area contributed by atoms with Gasteiger partial charge in [0.2, 0.25) is 5.91 Å². The van der Waals surface area contributed by atoms with Gasteiger partial charge in [-0.3, -0.25) is 9.78 Å². The third kappa shape index (κ3) is 3.92. The molecule has 23 heavy (non-hydrogen) atoms. The van der Waals surface area contributed by atoms with Crippen LogP contribution in [0.15, 0.2) is 60.8 Å². The molecule has 0 aliphatic carbocycles. The van der Waals surface area contributed by atoms with Crippen LogP contribution in [-0.2, 0) is 17.8 Å². The minimum Gasteiger partial charge on any atom is -0.352 e. The molecule has 3 aromatic rings. The van der Waals surface area contributed by atoms with Gasteiger partial charge in [-0.15, -0.1) is 0 Å². The summed E-state index contributed by atoms with van der Waals surface area (Å²) < 4.78 is 12.8. The van der Waals surface area contributed by atoms with Crippen molar-refractivity contribution in [2.75, 3.05) is 0 Å². The summed E-state index contributed by atoms with van der Waals surface area (Å²) in [6.45, 7) is 0.477. The third-order valence-electron chi connectivity index (χ3n) is 3.77. The fourth-order valence-electron chi connectivity index (χ4n) is 2.50. The Labute approximate surface area is 134 Å². The van der Waals surface area contributed by atoms with Crippen LogP contribution in [0.2, 0.25) is 0 Å². The summed E-state index contributed by atoms with van der Waals surface area (Å²) in [4.78, 5) is 16.3. The Hall–Kier alpha value is -2.75. The van der Waals surface area contributed by atoms with Crippen LogP contribution in [0.5, 0.6) is 0 Å². The van der Waals surface area contributed by atoms with Crippen molar-refractivity contribution in [3.8, 4) is 0 Å². The van der Waals surface area contributed by atoms with Gasteiger partial charge in [0.1, 0.15) is 5.82 Å². The number of rotatable bonds is 5. The van der Waals surface area contributed by atoms with Crippen molar-refractivity contribution in [3.63, 3.8) is 0 Å². The highest BCUT2D eigenvalue weighted by molar-refractivity contribution is 5.82. The molecular formula is C19H17FN2O. The number of nitrogens with one attached hydrogen (secondary N) is 1. The summed E-state index contributed by atoms with van der Waals surface area (Å²) in [6.07, 6.45) is 2.74. The molecule has 0 atom stereocenters. The number of nitrogens with zero attached hydrogens (tertiary/aromatic N) is 1. The summed E-state index contributed by atoms with van der Waals surface area (Å²) >= 11 is 0. The van der Waals surface area contributed by atoms with E-state index in [9.17, 15) is 9.18 Å². The van der Waals surface area contributed by atoms with E-state index < -0.39 is 0 Å². The third-order valence-corrected chi connectivity index (χ3v) is 3.77. The predicted octanol–water partition coefficient (Wildman–Crippen LogP) is 3.62. The van der Waals surface area contributed by atoms with Crippen LogP contribution < -0.4 is 5.32 Å². The van der Waals surface area contributed by atoms with E-state index in [1.165, 1.54) is 12.1 Å². The quantitative estimate of drug-likeness (QED) is 0.782. The van der Waals surface area contributed by atoms with Gasteiger partial charge in [-0.2, -0.15) is 0 Å². The van der Waals surface area contributed by atoms with E-state index in [4.69, 9.17) is 0 Å². The average Bonchev–Trinajstić information content (AvgIpc) is 2.59. The first kappa shape index (κ1) is 15.2. The van der Waals surface area contributed by atoms with E-state index in [0.29, 0.717) is 19.4 Å². The lowest BCUT2D eigenvalue weighted by Crippen LogP contribution is -2.23. The fourth-order valence-corrected chi connectivity index (χ4v) is 2.50. The highest BCUT2D eigenvalue weighted by Crippen LogP contribution is 2.15. The number of carbonyl (C=O) groups excluding carboxylic acids is 1. The van der Waals surface area contributed by atoms with E-state index >= 15 is 0 Å². The zero-order valence-electron chi connectivity index (χ0n) is 12.6. The summed E-state index contributed by atoms with van der Waals surface area (Å²) in [5, 5.41) is 3.98. The molecule has 0 saturated carbocycles. The number of hydrogen-bond acceptors (Lipinski definition) is 2. The molecule has 1 heterocycles. The summed E-state index contributed by atoms with van der Waals surface area (Å²) in [7, 11) is 0. The number of aromatic nitrogens is 1. The van der Waals surface area contributed by atoms with Crippen molar-refractivity contribution in [1.82, 2.24) is 10.3 Å². The molecule has 0 saturated heterocycles. The van der Waals surface area contributed by atoms with Crippen LogP contribution in [0.25, 0.3) is 10.9 Å². The molecule has 0 aliphatic heterocycles. The summed E-state index contributed by atoms with van der Waals surface area (Å²) in [6, 6.07) is 16.0. The van der Waals surface area contributed by atoms with Gasteiger partial charge >= 0.3 is 0 Å². The number of para-hydroxylation sites is 1. The number of fused-ring (bicyclic) bond motifs is 1. The Balaban J connectivity index is 1.57. The van der Waals surface area contributed by atoms with Crippen LogP contribution >= 0.6 is 0 Å². The predicted molar refractivity (Wildman–Crippen MR) is 88.3 cm³/mol. The first-order valence-corrected chi connectivity index (χ1v) is 7.56. The van der Waals surface area contributed by atoms with Gasteiger partial charge in [0.15, 0.2) is 0 Å². The molecule has 0 aliphatic rings. The molecular weight excluding hydrogens is 291 g/mol. The molecule has 2 aromatic carbocycles. The minimum absolute atomic E-state index is 0.0183. The topological polar surface area (TPSA) is 42.0 Å². The van der Waals surface area contributed by atoms with E-state index in [-0.39, 0.29) is 11.7 Å². The largest absolute Gasteiger partial charge is 0.352 e. The zero-order chi connectivity index (χ0) is 16.1. The molecule has 3 nitrogen and oxygen atoms in total. The lowest BCUT2D eigenvalue weighted by Gasteiger charge is -2.08.